The van der Waals surface area contributed by atoms with Crippen molar-refractivity contribution in [2.45, 2.75) is 25.2 Å². The monoisotopic (exact) mass is 343 g/mol. The fourth-order valence-corrected chi connectivity index (χ4v) is 2.97. The van der Waals surface area contributed by atoms with Crippen molar-refractivity contribution in [3.8, 4) is 11.6 Å². The molecular formula is C14H12Cl3N3O. The molecule has 2 aromatic rings. The molecule has 0 saturated heterocycles. The third-order valence-electron chi connectivity index (χ3n) is 3.60. The van der Waals surface area contributed by atoms with Crippen molar-refractivity contribution in [1.82, 2.24) is 10.2 Å². The quantitative estimate of drug-likeness (QED) is 0.807. The number of halogens is 3. The van der Waals surface area contributed by atoms with E-state index in [0.29, 0.717) is 32.5 Å². The average Bonchev–Trinajstić information content (AvgIpc) is 3.14. The van der Waals surface area contributed by atoms with Crippen LogP contribution in [0.4, 0.5) is 5.69 Å². The maximum absolute atomic E-state index is 6.11. The van der Waals surface area contributed by atoms with Gasteiger partial charge in [0, 0.05) is 17.3 Å². The molecule has 21 heavy (non-hydrogen) atoms. The molecule has 4 nitrogen and oxygen atoms in total. The van der Waals surface area contributed by atoms with Gasteiger partial charge in [-0.2, -0.15) is 0 Å². The zero-order chi connectivity index (χ0) is 15.2. The van der Waals surface area contributed by atoms with Crippen molar-refractivity contribution in [1.29, 1.82) is 0 Å². The number of aromatic nitrogens is 2. The van der Waals surface area contributed by atoms with Crippen molar-refractivity contribution >= 4 is 40.5 Å². The highest BCUT2D eigenvalue weighted by Crippen LogP contribution is 2.50. The summed E-state index contributed by atoms with van der Waals surface area (Å²) in [4.78, 5) is 0. The SMILES string of the molecule is CC1(c2cc(Oc3c(Cl)cc(N)cc3Cl)nnc2Cl)CC1. The first-order valence-corrected chi connectivity index (χ1v) is 7.48. The Balaban J connectivity index is 1.96. The lowest BCUT2D eigenvalue weighted by atomic mass is 10.0. The maximum Gasteiger partial charge on any atom is 0.239 e. The second kappa shape index (κ2) is 5.20. The first-order valence-electron chi connectivity index (χ1n) is 6.35. The van der Waals surface area contributed by atoms with Crippen molar-refractivity contribution in [3.05, 3.63) is 39.0 Å². The summed E-state index contributed by atoms with van der Waals surface area (Å²) in [5, 5.41) is 8.90. The molecule has 110 valence electrons. The number of anilines is 1. The van der Waals surface area contributed by atoms with Crippen LogP contribution in [0.3, 0.4) is 0 Å². The van der Waals surface area contributed by atoms with Gasteiger partial charge in [-0.1, -0.05) is 41.7 Å². The van der Waals surface area contributed by atoms with E-state index in [4.69, 9.17) is 45.3 Å². The predicted octanol–water partition coefficient (Wildman–Crippen LogP) is 4.86. The zero-order valence-electron chi connectivity index (χ0n) is 11.2. The minimum atomic E-state index is 0.0554. The largest absolute Gasteiger partial charge is 0.434 e. The molecule has 1 fully saturated rings. The molecule has 0 unspecified atom stereocenters. The van der Waals surface area contributed by atoms with Gasteiger partial charge in [0.2, 0.25) is 5.88 Å². The van der Waals surface area contributed by atoms with Crippen LogP contribution in [0.15, 0.2) is 18.2 Å². The van der Waals surface area contributed by atoms with E-state index in [1.165, 1.54) is 0 Å². The Morgan fingerprint density at radius 1 is 1.10 bits per heavy atom. The first-order chi connectivity index (χ1) is 9.89. The van der Waals surface area contributed by atoms with Crippen LogP contribution in [-0.2, 0) is 5.41 Å². The summed E-state index contributed by atoms with van der Waals surface area (Å²) in [6.45, 7) is 2.13. The van der Waals surface area contributed by atoms with E-state index in [1.54, 1.807) is 18.2 Å². The number of benzene rings is 1. The summed E-state index contributed by atoms with van der Waals surface area (Å²) in [5.41, 5.74) is 7.11. The minimum Gasteiger partial charge on any atom is -0.434 e. The highest BCUT2D eigenvalue weighted by molar-refractivity contribution is 6.37. The molecule has 1 aliphatic carbocycles. The summed E-state index contributed by atoms with van der Waals surface area (Å²) in [5.74, 6) is 0.604. The molecule has 1 aromatic carbocycles. The molecule has 1 saturated carbocycles. The molecule has 0 atom stereocenters. The zero-order valence-corrected chi connectivity index (χ0v) is 13.4. The van der Waals surface area contributed by atoms with Crippen LogP contribution < -0.4 is 10.5 Å². The van der Waals surface area contributed by atoms with Gasteiger partial charge in [-0.3, -0.25) is 0 Å². The lowest BCUT2D eigenvalue weighted by molar-refractivity contribution is 0.453. The van der Waals surface area contributed by atoms with Gasteiger partial charge in [-0.25, -0.2) is 0 Å². The number of rotatable bonds is 3. The van der Waals surface area contributed by atoms with Crippen LogP contribution >= 0.6 is 34.8 Å². The van der Waals surface area contributed by atoms with Crippen LogP contribution in [0.1, 0.15) is 25.3 Å². The maximum atomic E-state index is 6.11. The minimum absolute atomic E-state index is 0.0554. The van der Waals surface area contributed by atoms with Crippen molar-refractivity contribution < 1.29 is 4.74 Å². The fraction of sp³-hybridized carbons (Fsp3) is 0.286. The number of hydrogen-bond donors (Lipinski definition) is 1. The lowest BCUT2D eigenvalue weighted by Crippen LogP contribution is -2.04. The van der Waals surface area contributed by atoms with Gasteiger partial charge in [-0.15, -0.1) is 10.2 Å². The standard InChI is InChI=1S/C14H12Cl3N3O/c1-14(2-3-14)8-6-11(19-20-13(8)17)21-12-9(15)4-7(18)5-10(12)16/h4-6H,2-3,18H2,1H3. The Hall–Kier alpha value is -1.23. The fourth-order valence-electron chi connectivity index (χ4n) is 2.07. The Morgan fingerprint density at radius 3 is 2.29 bits per heavy atom. The molecular weight excluding hydrogens is 333 g/mol. The molecule has 7 heteroatoms. The predicted molar refractivity (Wildman–Crippen MR) is 84.6 cm³/mol. The van der Waals surface area contributed by atoms with Crippen molar-refractivity contribution in [3.63, 3.8) is 0 Å². The topological polar surface area (TPSA) is 61.0 Å². The molecule has 1 aromatic heterocycles. The van der Waals surface area contributed by atoms with Crippen LogP contribution in [-0.4, -0.2) is 10.2 Å². The normalized spacial score (nSPS) is 15.8. The van der Waals surface area contributed by atoms with Crippen LogP contribution in [0, 0.1) is 0 Å². The molecule has 0 bridgehead atoms. The average molecular weight is 345 g/mol. The highest BCUT2D eigenvalue weighted by Gasteiger charge is 2.41. The van der Waals surface area contributed by atoms with Crippen molar-refractivity contribution in [2.75, 3.05) is 5.73 Å². The number of nitrogen functional groups attached to an aromatic ring is 1. The molecule has 0 spiro atoms. The first kappa shape index (κ1) is 14.7. The third kappa shape index (κ3) is 2.89. The smallest absolute Gasteiger partial charge is 0.239 e. The van der Waals surface area contributed by atoms with Gasteiger partial charge >= 0.3 is 0 Å². The summed E-state index contributed by atoms with van der Waals surface area (Å²) in [7, 11) is 0. The highest BCUT2D eigenvalue weighted by atomic mass is 35.5. The Morgan fingerprint density at radius 2 is 1.71 bits per heavy atom. The van der Waals surface area contributed by atoms with E-state index in [-0.39, 0.29) is 5.41 Å². The summed E-state index contributed by atoms with van der Waals surface area (Å²) >= 11 is 18.3. The van der Waals surface area contributed by atoms with Gasteiger partial charge in [0.1, 0.15) is 0 Å². The van der Waals surface area contributed by atoms with Gasteiger partial charge in [0.15, 0.2) is 10.9 Å². The second-order valence-corrected chi connectivity index (χ2v) is 6.54. The summed E-state index contributed by atoms with van der Waals surface area (Å²) < 4.78 is 5.66. The van der Waals surface area contributed by atoms with E-state index in [9.17, 15) is 0 Å². The summed E-state index contributed by atoms with van der Waals surface area (Å²) in [6, 6.07) is 4.91. The number of hydrogen-bond acceptors (Lipinski definition) is 4. The third-order valence-corrected chi connectivity index (χ3v) is 4.44. The second-order valence-electron chi connectivity index (χ2n) is 5.36. The van der Waals surface area contributed by atoms with Crippen LogP contribution in [0.25, 0.3) is 0 Å². The Labute approximate surface area is 137 Å². The van der Waals surface area contributed by atoms with Crippen molar-refractivity contribution in [2.24, 2.45) is 0 Å². The Bertz CT molecular complexity index is 694. The molecule has 1 aliphatic rings. The van der Waals surface area contributed by atoms with E-state index >= 15 is 0 Å². The van der Waals surface area contributed by atoms with Gasteiger partial charge in [0.25, 0.3) is 0 Å². The Kier molecular flexibility index (Phi) is 3.64. The molecule has 0 amide bonds. The lowest BCUT2D eigenvalue weighted by Gasteiger charge is -2.13. The van der Waals surface area contributed by atoms with E-state index in [1.807, 2.05) is 0 Å². The van der Waals surface area contributed by atoms with Crippen LogP contribution in [0.5, 0.6) is 11.6 Å². The number of ether oxygens (including phenoxy) is 1. The van der Waals surface area contributed by atoms with Crippen LogP contribution in [0.2, 0.25) is 15.2 Å². The summed E-state index contributed by atoms with van der Waals surface area (Å²) in [6.07, 6.45) is 2.14. The number of nitrogens with two attached hydrogens (primary N) is 1. The molecule has 1 heterocycles. The van der Waals surface area contributed by atoms with Gasteiger partial charge < -0.3 is 10.5 Å². The molecule has 0 radical (unpaired) electrons. The van der Waals surface area contributed by atoms with Gasteiger partial charge in [0.05, 0.1) is 10.0 Å². The van der Waals surface area contributed by atoms with E-state index < -0.39 is 0 Å². The van der Waals surface area contributed by atoms with E-state index in [0.717, 1.165) is 18.4 Å². The molecule has 3 rings (SSSR count). The molecule has 0 aliphatic heterocycles. The molecule has 2 N–H and O–H groups in total. The van der Waals surface area contributed by atoms with E-state index in [2.05, 4.69) is 17.1 Å². The van der Waals surface area contributed by atoms with Gasteiger partial charge in [-0.05, 0) is 30.4 Å². The number of nitrogens with zero attached hydrogens (tertiary/aromatic N) is 2.